The van der Waals surface area contributed by atoms with Crippen molar-refractivity contribution in [2.75, 3.05) is 33.4 Å². The summed E-state index contributed by atoms with van der Waals surface area (Å²) in [6, 6.07) is 18.4. The zero-order chi connectivity index (χ0) is 29.1. The van der Waals surface area contributed by atoms with Gasteiger partial charge in [0.15, 0.2) is 6.61 Å². The van der Waals surface area contributed by atoms with E-state index in [1.54, 1.807) is 0 Å². The Hall–Kier alpha value is -4.28. The van der Waals surface area contributed by atoms with E-state index in [0.29, 0.717) is 31.9 Å². The first-order valence-electron chi connectivity index (χ1n) is 13.7. The number of ether oxygens (including phenoxy) is 1. The lowest BCUT2D eigenvalue weighted by atomic mass is 10.0. The summed E-state index contributed by atoms with van der Waals surface area (Å²) in [5.74, 6) is 0.179. The first kappa shape index (κ1) is 28.3. The highest BCUT2D eigenvalue weighted by Gasteiger charge is 2.35. The van der Waals surface area contributed by atoms with E-state index in [1.165, 1.54) is 5.56 Å². The molecule has 1 aliphatic rings. The van der Waals surface area contributed by atoms with E-state index in [1.807, 2.05) is 74.0 Å². The van der Waals surface area contributed by atoms with Gasteiger partial charge in [0.1, 0.15) is 25.9 Å². The van der Waals surface area contributed by atoms with E-state index in [9.17, 15) is 4.79 Å². The van der Waals surface area contributed by atoms with Crippen LogP contribution in [0.5, 0.6) is 0 Å². The minimum Gasteiger partial charge on any atom is -0.415 e. The molecule has 0 spiro atoms. The number of aliphatic imine (C=N–C) groups is 1. The molecule has 2 aromatic heterocycles. The van der Waals surface area contributed by atoms with Gasteiger partial charge in [-0.1, -0.05) is 42.5 Å². The Morgan fingerprint density at radius 2 is 2.02 bits per heavy atom. The summed E-state index contributed by atoms with van der Waals surface area (Å²) in [4.78, 5) is 22.3. The SMILES string of the molecule is C[O+]1CCN(C(=O)COC(C)(C)C)CC1c1cc(-c2ccc3cn(Cc4ccccc4)nc3c2)c(C(N)=NC=N)[nH]1. The third-order valence-corrected chi connectivity index (χ3v) is 7.23. The lowest BCUT2D eigenvalue weighted by Crippen LogP contribution is -2.47. The maximum atomic E-state index is 12.9. The Morgan fingerprint density at radius 3 is 2.76 bits per heavy atom. The second-order valence-electron chi connectivity index (χ2n) is 11.4. The van der Waals surface area contributed by atoms with Gasteiger partial charge in [0.2, 0.25) is 12.0 Å². The second kappa shape index (κ2) is 11.7. The highest BCUT2D eigenvalue weighted by atomic mass is 16.7. The number of carbonyl (C=O) groups is 1. The number of carbonyl (C=O) groups excluding carboxylic acids is 1. The largest absolute Gasteiger partial charge is 0.415 e. The van der Waals surface area contributed by atoms with Crippen LogP contribution in [0.15, 0.2) is 65.8 Å². The molecule has 1 aliphatic heterocycles. The predicted molar refractivity (Wildman–Crippen MR) is 161 cm³/mol. The van der Waals surface area contributed by atoms with Gasteiger partial charge in [0.25, 0.3) is 0 Å². The van der Waals surface area contributed by atoms with Crippen LogP contribution >= 0.6 is 0 Å². The third kappa shape index (κ3) is 6.55. The molecule has 41 heavy (non-hydrogen) atoms. The molecule has 3 heterocycles. The average molecular weight is 557 g/mol. The first-order chi connectivity index (χ1) is 19.6. The van der Waals surface area contributed by atoms with Crippen molar-refractivity contribution in [3.8, 4) is 11.1 Å². The van der Waals surface area contributed by atoms with E-state index in [0.717, 1.165) is 34.1 Å². The van der Waals surface area contributed by atoms with E-state index < -0.39 is 0 Å². The number of fused-ring (bicyclic) bond motifs is 1. The van der Waals surface area contributed by atoms with Crippen LogP contribution in [0.25, 0.3) is 22.0 Å². The minimum absolute atomic E-state index is 0.0351. The Morgan fingerprint density at radius 1 is 1.24 bits per heavy atom. The van der Waals surface area contributed by atoms with Gasteiger partial charge in [-0.2, -0.15) is 5.10 Å². The number of nitrogens with zero attached hydrogens (tertiary/aromatic N) is 4. The molecule has 2 aromatic carbocycles. The molecule has 1 unspecified atom stereocenters. The number of amidine groups is 1. The Labute approximate surface area is 240 Å². The average Bonchev–Trinajstić information content (AvgIpc) is 3.56. The van der Waals surface area contributed by atoms with Gasteiger partial charge in [0, 0.05) is 17.1 Å². The molecule has 0 radical (unpaired) electrons. The van der Waals surface area contributed by atoms with E-state index >= 15 is 0 Å². The molecule has 1 atom stereocenters. The number of aromatic nitrogens is 3. The predicted octanol–water partition coefficient (Wildman–Crippen LogP) is 4.27. The Kier molecular flexibility index (Phi) is 8.05. The number of amides is 1. The molecular formula is C31H38N7O3+. The fraction of sp³-hybridized carbons (Fsp3) is 0.355. The summed E-state index contributed by atoms with van der Waals surface area (Å²) >= 11 is 0. The van der Waals surface area contributed by atoms with Gasteiger partial charge in [-0.05, 0) is 44.0 Å². The van der Waals surface area contributed by atoms with Crippen molar-refractivity contribution in [2.45, 2.75) is 39.0 Å². The number of rotatable bonds is 8. The van der Waals surface area contributed by atoms with Gasteiger partial charge >= 0.3 is 0 Å². The third-order valence-electron chi connectivity index (χ3n) is 7.23. The first-order valence-corrected chi connectivity index (χ1v) is 13.7. The van der Waals surface area contributed by atoms with Gasteiger partial charge in [-0.15, -0.1) is 0 Å². The zero-order valence-electron chi connectivity index (χ0n) is 24.1. The molecule has 4 aromatic rings. The normalized spacial score (nSPS) is 16.8. The standard InChI is InChI=1S/C31H38N7O3/c1-31(2,3)40-19-28(39)37-12-13-41(4)27(18-37)26-15-24(29(35-26)30(33)34-20-32)22-10-11-23-17-38(36-25(23)14-22)16-21-8-6-5-7-9-21/h5-11,14-15,17,20,27,35H,12-13,16,18-19H2,1-4H3,(H3,32,33,34)/q+1. The molecule has 1 fully saturated rings. The maximum Gasteiger partial charge on any atom is 0.249 e. The molecule has 10 heteroatoms. The number of aromatic amines is 1. The van der Waals surface area contributed by atoms with E-state index in [4.69, 9.17) is 21.0 Å². The van der Waals surface area contributed by atoms with Crippen molar-refractivity contribution in [3.05, 3.63) is 77.7 Å². The van der Waals surface area contributed by atoms with Crippen LogP contribution in [0, 0.1) is 5.41 Å². The summed E-state index contributed by atoms with van der Waals surface area (Å²) in [5, 5.41) is 13.3. The smallest absolute Gasteiger partial charge is 0.249 e. The number of benzene rings is 2. The van der Waals surface area contributed by atoms with Crippen molar-refractivity contribution in [1.29, 1.82) is 5.41 Å². The highest BCUT2D eigenvalue weighted by Crippen LogP contribution is 2.34. The molecule has 0 bridgehead atoms. The molecule has 0 aliphatic carbocycles. The molecule has 1 amide bonds. The van der Waals surface area contributed by atoms with Crippen LogP contribution in [0.4, 0.5) is 0 Å². The topological polar surface area (TPSA) is 128 Å². The van der Waals surface area contributed by atoms with Crippen molar-refractivity contribution in [2.24, 2.45) is 10.7 Å². The van der Waals surface area contributed by atoms with E-state index in [-0.39, 0.29) is 30.1 Å². The van der Waals surface area contributed by atoms with Crippen LogP contribution in [-0.2, 0) is 20.4 Å². The van der Waals surface area contributed by atoms with Crippen molar-refractivity contribution in [1.82, 2.24) is 19.7 Å². The van der Waals surface area contributed by atoms with Crippen LogP contribution in [-0.4, -0.2) is 76.8 Å². The van der Waals surface area contributed by atoms with Gasteiger partial charge in [-0.25, -0.2) is 4.99 Å². The summed E-state index contributed by atoms with van der Waals surface area (Å²) in [6.07, 6.45) is 2.82. The number of nitrogens with one attached hydrogen (secondary N) is 2. The number of hydrogen-bond acceptors (Lipinski definition) is 4. The van der Waals surface area contributed by atoms with Crippen LogP contribution < -0.4 is 5.73 Å². The van der Waals surface area contributed by atoms with Crippen LogP contribution in [0.1, 0.15) is 43.8 Å². The highest BCUT2D eigenvalue weighted by molar-refractivity contribution is 6.05. The number of nitrogens with two attached hydrogens (primary N) is 1. The fourth-order valence-electron chi connectivity index (χ4n) is 5.03. The summed E-state index contributed by atoms with van der Waals surface area (Å²) in [7, 11) is 1.97. The minimum atomic E-state index is -0.385. The monoisotopic (exact) mass is 556 g/mol. The number of morpholine rings is 1. The Balaban J connectivity index is 1.45. The lowest BCUT2D eigenvalue weighted by Gasteiger charge is -2.36. The molecule has 10 nitrogen and oxygen atoms in total. The molecule has 5 rings (SSSR count). The van der Waals surface area contributed by atoms with Crippen molar-refractivity contribution >= 4 is 29.0 Å². The fourth-order valence-corrected chi connectivity index (χ4v) is 5.03. The summed E-state index contributed by atoms with van der Waals surface area (Å²) in [6.45, 7) is 8.28. The maximum absolute atomic E-state index is 12.9. The second-order valence-corrected chi connectivity index (χ2v) is 11.4. The summed E-state index contributed by atoms with van der Waals surface area (Å²) in [5.41, 5.74) is 11.3. The van der Waals surface area contributed by atoms with Gasteiger partial charge < -0.3 is 24.7 Å². The van der Waals surface area contributed by atoms with Crippen LogP contribution in [0.3, 0.4) is 0 Å². The number of H-pyrrole nitrogens is 1. The Bertz CT molecular complexity index is 1570. The lowest BCUT2D eigenvalue weighted by molar-refractivity contribution is -0.204. The van der Waals surface area contributed by atoms with Crippen molar-refractivity contribution < 1.29 is 13.9 Å². The molecule has 0 saturated carbocycles. The molecule has 4 N–H and O–H groups in total. The zero-order valence-corrected chi connectivity index (χ0v) is 24.1. The van der Waals surface area contributed by atoms with Gasteiger partial charge in [-0.3, -0.25) is 14.9 Å². The van der Waals surface area contributed by atoms with Crippen LogP contribution in [0.2, 0.25) is 0 Å². The molecular weight excluding hydrogens is 518 g/mol. The molecule has 214 valence electrons. The van der Waals surface area contributed by atoms with E-state index in [2.05, 4.69) is 38.6 Å². The molecule has 1 saturated heterocycles. The summed E-state index contributed by atoms with van der Waals surface area (Å²) < 4.78 is 10.8. The van der Waals surface area contributed by atoms with Crippen molar-refractivity contribution in [3.63, 3.8) is 0 Å². The van der Waals surface area contributed by atoms with Gasteiger partial charge in [0.05, 0.1) is 42.1 Å². The quantitative estimate of drug-likeness (QED) is 0.170. The number of hydrogen-bond donors (Lipinski definition) is 3.